The van der Waals surface area contributed by atoms with Crippen molar-refractivity contribution in [2.24, 2.45) is 0 Å². The number of carbonyl (C=O) groups is 1. The molecule has 0 aliphatic carbocycles. The minimum Gasteiger partial charge on any atom is -0.478 e. The molecular weight excluding hydrogens is 195 g/mol. The third-order valence-electron chi connectivity index (χ3n) is 1.68. The highest BCUT2D eigenvalue weighted by atomic mass is 35.5. The maximum Gasteiger partial charge on any atom is 0.337 e. The van der Waals surface area contributed by atoms with Crippen LogP contribution in [-0.2, 0) is 0 Å². The fourth-order valence-electron chi connectivity index (χ4n) is 0.952. The number of alkyl halides is 1. The number of benzene rings is 1. The molecule has 0 saturated heterocycles. The Balaban J connectivity index is 3.13. The number of carboxylic acids is 1. The van der Waals surface area contributed by atoms with Gasteiger partial charge in [0.05, 0.1) is 10.6 Å². The number of aromatic carboxylic acids is 1. The molecule has 1 atom stereocenters. The predicted octanol–water partition coefficient (Wildman–Crippen LogP) is 3.07. The molecule has 0 saturated carbocycles. The van der Waals surface area contributed by atoms with Gasteiger partial charge in [0.25, 0.3) is 0 Å². The van der Waals surface area contributed by atoms with Crippen LogP contribution in [0.15, 0.2) is 18.2 Å². The summed E-state index contributed by atoms with van der Waals surface area (Å²) in [5.74, 6) is -1.11. The molecule has 1 rings (SSSR count). The Morgan fingerprint density at radius 2 is 2.23 bits per heavy atom. The highest BCUT2D eigenvalue weighted by molar-refractivity contribution is 6.33. The summed E-state index contributed by atoms with van der Waals surface area (Å²) in [7, 11) is 0. The molecule has 0 bridgehead atoms. The van der Waals surface area contributed by atoms with E-state index in [1.165, 1.54) is 25.1 Å². The predicted molar refractivity (Wildman–Crippen MR) is 47.9 cm³/mol. The lowest BCUT2D eigenvalue weighted by Crippen LogP contribution is -1.98. The van der Waals surface area contributed by atoms with Gasteiger partial charge in [0.15, 0.2) is 0 Å². The molecule has 1 aromatic rings. The highest BCUT2D eigenvalue weighted by Crippen LogP contribution is 2.23. The average Bonchev–Trinajstić information content (AvgIpc) is 2.03. The Morgan fingerprint density at radius 3 is 2.62 bits per heavy atom. The number of rotatable bonds is 2. The van der Waals surface area contributed by atoms with Crippen molar-refractivity contribution in [2.45, 2.75) is 13.1 Å². The van der Waals surface area contributed by atoms with Crippen molar-refractivity contribution < 1.29 is 14.3 Å². The summed E-state index contributed by atoms with van der Waals surface area (Å²) in [5, 5.41) is 8.68. The van der Waals surface area contributed by atoms with Crippen LogP contribution >= 0.6 is 11.6 Å². The van der Waals surface area contributed by atoms with E-state index >= 15 is 0 Å². The molecule has 2 nitrogen and oxygen atoms in total. The van der Waals surface area contributed by atoms with Gasteiger partial charge in [-0.1, -0.05) is 17.7 Å². The first-order valence-electron chi connectivity index (χ1n) is 3.69. The maximum absolute atomic E-state index is 12.7. The molecule has 1 N–H and O–H groups in total. The van der Waals surface area contributed by atoms with E-state index in [4.69, 9.17) is 16.7 Å². The fraction of sp³-hybridized carbons (Fsp3) is 0.222. The van der Waals surface area contributed by atoms with E-state index in [9.17, 15) is 9.18 Å². The van der Waals surface area contributed by atoms with Gasteiger partial charge in [-0.3, -0.25) is 0 Å². The lowest BCUT2D eigenvalue weighted by Gasteiger charge is -2.04. The summed E-state index contributed by atoms with van der Waals surface area (Å²) in [6, 6.07) is 4.05. The van der Waals surface area contributed by atoms with Crippen molar-refractivity contribution in [2.75, 3.05) is 0 Å². The Kier molecular flexibility index (Phi) is 2.88. The molecule has 0 heterocycles. The largest absolute Gasteiger partial charge is 0.478 e. The van der Waals surface area contributed by atoms with Crippen molar-refractivity contribution in [3.8, 4) is 0 Å². The smallest absolute Gasteiger partial charge is 0.337 e. The van der Waals surface area contributed by atoms with Gasteiger partial charge in [-0.25, -0.2) is 9.18 Å². The minimum atomic E-state index is -1.14. The van der Waals surface area contributed by atoms with E-state index in [-0.39, 0.29) is 10.6 Å². The highest BCUT2D eigenvalue weighted by Gasteiger charge is 2.10. The van der Waals surface area contributed by atoms with Gasteiger partial charge in [0, 0.05) is 0 Å². The van der Waals surface area contributed by atoms with E-state index in [1.807, 2.05) is 0 Å². The molecule has 70 valence electrons. The van der Waals surface area contributed by atoms with Crippen LogP contribution in [0.4, 0.5) is 4.39 Å². The average molecular weight is 203 g/mol. The maximum atomic E-state index is 12.7. The van der Waals surface area contributed by atoms with E-state index in [1.54, 1.807) is 0 Å². The zero-order valence-corrected chi connectivity index (χ0v) is 7.68. The van der Waals surface area contributed by atoms with Crippen LogP contribution in [-0.4, -0.2) is 11.1 Å². The van der Waals surface area contributed by atoms with E-state index < -0.39 is 12.1 Å². The zero-order chi connectivity index (χ0) is 10.0. The van der Waals surface area contributed by atoms with Crippen molar-refractivity contribution in [3.05, 3.63) is 34.3 Å². The van der Waals surface area contributed by atoms with Gasteiger partial charge in [0.2, 0.25) is 0 Å². The lowest BCUT2D eigenvalue weighted by molar-refractivity contribution is 0.0697. The van der Waals surface area contributed by atoms with Gasteiger partial charge in [-0.05, 0) is 24.6 Å². The summed E-state index contributed by atoms with van der Waals surface area (Å²) >= 11 is 5.62. The fourth-order valence-corrected chi connectivity index (χ4v) is 1.22. The Bertz CT molecular complexity index is 336. The minimum absolute atomic E-state index is 0.00827. The van der Waals surface area contributed by atoms with Crippen LogP contribution in [0.5, 0.6) is 0 Å². The summed E-state index contributed by atoms with van der Waals surface area (Å²) < 4.78 is 12.7. The monoisotopic (exact) mass is 202 g/mol. The SMILES string of the molecule is CC(F)c1ccc(C(=O)O)c(Cl)c1. The molecule has 1 unspecified atom stereocenters. The van der Waals surface area contributed by atoms with Gasteiger partial charge < -0.3 is 5.11 Å². The molecule has 0 aliphatic rings. The van der Waals surface area contributed by atoms with E-state index in [2.05, 4.69) is 0 Å². The first-order valence-corrected chi connectivity index (χ1v) is 4.07. The van der Waals surface area contributed by atoms with Crippen molar-refractivity contribution >= 4 is 17.6 Å². The summed E-state index contributed by atoms with van der Waals surface area (Å²) in [6.07, 6.45) is -1.14. The molecule has 0 spiro atoms. The van der Waals surface area contributed by atoms with E-state index in [0.717, 1.165) is 0 Å². The Labute approximate surface area is 80.0 Å². The van der Waals surface area contributed by atoms with Crippen molar-refractivity contribution in [1.82, 2.24) is 0 Å². The first kappa shape index (κ1) is 9.99. The third kappa shape index (κ3) is 2.18. The molecule has 13 heavy (non-hydrogen) atoms. The topological polar surface area (TPSA) is 37.3 Å². The molecule has 0 radical (unpaired) electrons. The van der Waals surface area contributed by atoms with Gasteiger partial charge in [0.1, 0.15) is 6.17 Å². The summed E-state index contributed by atoms with van der Waals surface area (Å²) in [6.45, 7) is 1.37. The normalized spacial score (nSPS) is 12.5. The van der Waals surface area contributed by atoms with Gasteiger partial charge >= 0.3 is 5.97 Å². The second-order valence-corrected chi connectivity index (χ2v) is 3.07. The molecule has 1 aromatic carbocycles. The zero-order valence-electron chi connectivity index (χ0n) is 6.92. The quantitative estimate of drug-likeness (QED) is 0.800. The van der Waals surface area contributed by atoms with Crippen LogP contribution in [0.25, 0.3) is 0 Å². The molecule has 0 amide bonds. The second kappa shape index (κ2) is 3.75. The standard InChI is InChI=1S/C9H8ClFO2/c1-5(11)6-2-3-7(9(12)13)8(10)4-6/h2-5H,1H3,(H,12,13). The molecular formula is C9H8ClFO2. The molecule has 4 heteroatoms. The van der Waals surface area contributed by atoms with Crippen LogP contribution < -0.4 is 0 Å². The van der Waals surface area contributed by atoms with Crippen LogP contribution in [0.1, 0.15) is 29.0 Å². The summed E-state index contributed by atoms with van der Waals surface area (Å²) in [5.41, 5.74) is 0.376. The van der Waals surface area contributed by atoms with E-state index in [0.29, 0.717) is 5.56 Å². The molecule has 0 fully saturated rings. The third-order valence-corrected chi connectivity index (χ3v) is 2.00. The van der Waals surface area contributed by atoms with Gasteiger partial charge in [-0.2, -0.15) is 0 Å². The van der Waals surface area contributed by atoms with Crippen molar-refractivity contribution in [1.29, 1.82) is 0 Å². The van der Waals surface area contributed by atoms with Gasteiger partial charge in [-0.15, -0.1) is 0 Å². The number of hydrogen-bond acceptors (Lipinski definition) is 1. The molecule has 0 aromatic heterocycles. The van der Waals surface area contributed by atoms with Crippen LogP contribution in [0.3, 0.4) is 0 Å². The Hall–Kier alpha value is -1.09. The van der Waals surface area contributed by atoms with Crippen LogP contribution in [0.2, 0.25) is 5.02 Å². The van der Waals surface area contributed by atoms with Crippen LogP contribution in [0, 0.1) is 0 Å². The lowest BCUT2D eigenvalue weighted by atomic mass is 10.1. The second-order valence-electron chi connectivity index (χ2n) is 2.66. The molecule has 0 aliphatic heterocycles. The first-order chi connectivity index (χ1) is 6.02. The Morgan fingerprint density at radius 1 is 1.62 bits per heavy atom. The number of carboxylic acid groups (broad SMARTS) is 1. The van der Waals surface area contributed by atoms with Crippen molar-refractivity contribution in [3.63, 3.8) is 0 Å². The number of hydrogen-bond donors (Lipinski definition) is 1. The number of halogens is 2. The summed E-state index contributed by atoms with van der Waals surface area (Å²) in [4.78, 5) is 10.5.